The van der Waals surface area contributed by atoms with Crippen LogP contribution in [0.15, 0.2) is 21.9 Å². The Morgan fingerprint density at radius 1 is 1.52 bits per heavy atom. The third-order valence-electron chi connectivity index (χ3n) is 3.45. The number of aryl methyl sites for hydroxylation is 1. The van der Waals surface area contributed by atoms with Gasteiger partial charge in [-0.2, -0.15) is 0 Å². The fourth-order valence-corrected chi connectivity index (χ4v) is 3.13. The van der Waals surface area contributed by atoms with Crippen molar-refractivity contribution in [1.82, 2.24) is 15.5 Å². The summed E-state index contributed by atoms with van der Waals surface area (Å²) in [5.74, 6) is 0.475. The van der Waals surface area contributed by atoms with Crippen molar-refractivity contribution in [3.63, 3.8) is 0 Å². The van der Waals surface area contributed by atoms with E-state index in [2.05, 4.69) is 26.9 Å². The van der Waals surface area contributed by atoms with E-state index in [1.54, 1.807) is 11.3 Å². The van der Waals surface area contributed by atoms with Crippen LogP contribution in [0.1, 0.15) is 42.5 Å². The number of hydrogen-bond donors (Lipinski definition) is 2. The van der Waals surface area contributed by atoms with Gasteiger partial charge < -0.3 is 9.73 Å². The number of thiophene rings is 1. The number of hydrogen-bond acceptors (Lipinski definition) is 6. The van der Waals surface area contributed by atoms with Crippen LogP contribution in [0.5, 0.6) is 0 Å². The standard InChI is InChI=1S/C14H18N4O2S/c19-12(7-1-4-10-5-3-9-21-10)16-14-18-17-13(20-14)11-6-2-8-15-11/h3,5,9,11,15H,1-2,4,6-8H2,(H,16,18,19). The number of rotatable bonds is 6. The van der Waals surface area contributed by atoms with Gasteiger partial charge in [0.1, 0.15) is 0 Å². The molecule has 1 aliphatic rings. The van der Waals surface area contributed by atoms with E-state index in [1.807, 2.05) is 11.4 Å². The van der Waals surface area contributed by atoms with Gasteiger partial charge >= 0.3 is 6.01 Å². The molecule has 6 nitrogen and oxygen atoms in total. The molecule has 7 heteroatoms. The highest BCUT2D eigenvalue weighted by atomic mass is 32.1. The second-order valence-corrected chi connectivity index (χ2v) is 6.11. The molecule has 2 aromatic rings. The molecule has 0 aliphatic carbocycles. The van der Waals surface area contributed by atoms with Gasteiger partial charge in [0.2, 0.25) is 11.8 Å². The first-order chi connectivity index (χ1) is 10.3. The second kappa shape index (κ2) is 6.82. The molecule has 1 saturated heterocycles. The Hall–Kier alpha value is -1.73. The Morgan fingerprint density at radius 3 is 3.24 bits per heavy atom. The van der Waals surface area contributed by atoms with E-state index in [0.29, 0.717) is 12.3 Å². The molecule has 21 heavy (non-hydrogen) atoms. The van der Waals surface area contributed by atoms with Gasteiger partial charge in [-0.05, 0) is 43.7 Å². The molecule has 1 unspecified atom stereocenters. The van der Waals surface area contributed by atoms with Crippen molar-refractivity contribution in [2.75, 3.05) is 11.9 Å². The maximum atomic E-state index is 11.8. The lowest BCUT2D eigenvalue weighted by Gasteiger charge is -2.03. The summed E-state index contributed by atoms with van der Waals surface area (Å²) < 4.78 is 5.48. The SMILES string of the molecule is O=C(CCCc1cccs1)Nc1nnc(C2CCCN2)o1. The van der Waals surface area contributed by atoms with Crippen molar-refractivity contribution in [1.29, 1.82) is 0 Å². The molecule has 0 bridgehead atoms. The minimum absolute atomic E-state index is 0.0823. The average Bonchev–Trinajstić information content (AvgIpc) is 3.21. The van der Waals surface area contributed by atoms with Crippen LogP contribution in [0.2, 0.25) is 0 Å². The molecule has 0 radical (unpaired) electrons. The van der Waals surface area contributed by atoms with Gasteiger partial charge in [0.25, 0.3) is 0 Å². The third kappa shape index (κ3) is 3.89. The fraction of sp³-hybridized carbons (Fsp3) is 0.500. The Balaban J connectivity index is 1.44. The zero-order valence-electron chi connectivity index (χ0n) is 11.7. The Morgan fingerprint density at radius 2 is 2.48 bits per heavy atom. The molecule has 1 atom stereocenters. The molecule has 0 aromatic carbocycles. The van der Waals surface area contributed by atoms with Gasteiger partial charge in [-0.15, -0.1) is 16.4 Å². The topological polar surface area (TPSA) is 80.0 Å². The van der Waals surface area contributed by atoms with Gasteiger partial charge in [0.05, 0.1) is 6.04 Å². The molecule has 0 saturated carbocycles. The lowest BCUT2D eigenvalue weighted by molar-refractivity contribution is -0.116. The highest BCUT2D eigenvalue weighted by molar-refractivity contribution is 7.09. The van der Waals surface area contributed by atoms with Crippen LogP contribution in [0.25, 0.3) is 0 Å². The van der Waals surface area contributed by atoms with Crippen LogP contribution < -0.4 is 10.6 Å². The largest absolute Gasteiger partial charge is 0.406 e. The quantitative estimate of drug-likeness (QED) is 0.857. The fourth-order valence-electron chi connectivity index (χ4n) is 2.38. The number of aromatic nitrogens is 2. The van der Waals surface area contributed by atoms with Gasteiger partial charge in [-0.3, -0.25) is 10.1 Å². The van der Waals surface area contributed by atoms with Gasteiger partial charge in [0.15, 0.2) is 0 Å². The van der Waals surface area contributed by atoms with E-state index in [9.17, 15) is 4.79 Å². The summed E-state index contributed by atoms with van der Waals surface area (Å²) in [4.78, 5) is 13.1. The summed E-state index contributed by atoms with van der Waals surface area (Å²) in [6.07, 6.45) is 4.30. The lowest BCUT2D eigenvalue weighted by atomic mass is 10.2. The molecule has 3 rings (SSSR count). The monoisotopic (exact) mass is 306 g/mol. The lowest BCUT2D eigenvalue weighted by Crippen LogP contribution is -2.13. The average molecular weight is 306 g/mol. The molecule has 3 heterocycles. The highest BCUT2D eigenvalue weighted by Gasteiger charge is 2.22. The Labute approximate surface area is 127 Å². The molecule has 1 amide bonds. The van der Waals surface area contributed by atoms with Gasteiger partial charge in [-0.25, -0.2) is 0 Å². The van der Waals surface area contributed by atoms with Crippen molar-refractivity contribution in [3.05, 3.63) is 28.3 Å². The van der Waals surface area contributed by atoms with E-state index in [1.165, 1.54) is 4.88 Å². The van der Waals surface area contributed by atoms with Crippen LogP contribution in [0, 0.1) is 0 Å². The number of nitrogens with zero attached hydrogens (tertiary/aromatic N) is 2. The molecule has 2 N–H and O–H groups in total. The Kier molecular flexibility index (Phi) is 4.62. The second-order valence-electron chi connectivity index (χ2n) is 5.08. The van der Waals surface area contributed by atoms with E-state index < -0.39 is 0 Å². The normalized spacial score (nSPS) is 18.0. The predicted octanol–water partition coefficient (Wildman–Crippen LogP) is 2.52. The van der Waals surface area contributed by atoms with Crippen molar-refractivity contribution >= 4 is 23.3 Å². The van der Waals surface area contributed by atoms with Crippen molar-refractivity contribution < 1.29 is 9.21 Å². The van der Waals surface area contributed by atoms with E-state index in [4.69, 9.17) is 4.42 Å². The number of carbonyl (C=O) groups excluding carboxylic acids is 1. The zero-order valence-corrected chi connectivity index (χ0v) is 12.5. The molecule has 0 spiro atoms. The molecular formula is C14H18N4O2S. The first-order valence-electron chi connectivity index (χ1n) is 7.20. The van der Waals surface area contributed by atoms with Crippen LogP contribution in [0.3, 0.4) is 0 Å². The molecule has 2 aromatic heterocycles. The number of amides is 1. The predicted molar refractivity (Wildman–Crippen MR) is 80.2 cm³/mol. The van der Waals surface area contributed by atoms with Crippen LogP contribution >= 0.6 is 11.3 Å². The molecule has 1 aliphatic heterocycles. The van der Waals surface area contributed by atoms with Gasteiger partial charge in [-0.1, -0.05) is 11.2 Å². The minimum atomic E-state index is -0.0823. The maximum absolute atomic E-state index is 11.8. The maximum Gasteiger partial charge on any atom is 0.322 e. The third-order valence-corrected chi connectivity index (χ3v) is 4.39. The Bertz CT molecular complexity index is 576. The number of anilines is 1. The summed E-state index contributed by atoms with van der Waals surface area (Å²) in [6, 6.07) is 4.43. The number of nitrogens with one attached hydrogen (secondary N) is 2. The van der Waals surface area contributed by atoms with Crippen LogP contribution in [-0.4, -0.2) is 22.6 Å². The number of carbonyl (C=O) groups is 1. The summed E-state index contributed by atoms with van der Waals surface area (Å²) in [5.41, 5.74) is 0. The van der Waals surface area contributed by atoms with Crippen LogP contribution in [0.4, 0.5) is 6.01 Å². The summed E-state index contributed by atoms with van der Waals surface area (Å²) in [7, 11) is 0. The minimum Gasteiger partial charge on any atom is -0.406 e. The smallest absolute Gasteiger partial charge is 0.322 e. The van der Waals surface area contributed by atoms with Crippen LogP contribution in [-0.2, 0) is 11.2 Å². The van der Waals surface area contributed by atoms with Crippen molar-refractivity contribution in [3.8, 4) is 0 Å². The van der Waals surface area contributed by atoms with E-state index in [0.717, 1.165) is 32.2 Å². The molecule has 1 fully saturated rings. The first-order valence-corrected chi connectivity index (χ1v) is 8.08. The van der Waals surface area contributed by atoms with Crippen molar-refractivity contribution in [2.24, 2.45) is 0 Å². The zero-order chi connectivity index (χ0) is 14.5. The van der Waals surface area contributed by atoms with E-state index >= 15 is 0 Å². The van der Waals surface area contributed by atoms with Gasteiger partial charge in [0, 0.05) is 11.3 Å². The molecule has 112 valence electrons. The molecular weight excluding hydrogens is 288 g/mol. The van der Waals surface area contributed by atoms with Crippen molar-refractivity contribution in [2.45, 2.75) is 38.1 Å². The van der Waals surface area contributed by atoms with E-state index in [-0.39, 0.29) is 18.0 Å². The summed E-state index contributed by atoms with van der Waals surface area (Å²) in [6.45, 7) is 0.970. The summed E-state index contributed by atoms with van der Waals surface area (Å²) >= 11 is 1.72. The highest BCUT2D eigenvalue weighted by Crippen LogP contribution is 2.22. The first kappa shape index (κ1) is 14.2. The summed E-state index contributed by atoms with van der Waals surface area (Å²) in [5, 5.41) is 15.8.